The number of aliphatic hydroxyl groups is 1. The highest BCUT2D eigenvalue weighted by Crippen LogP contribution is 2.38. The maximum absolute atomic E-state index is 13.0. The number of hydrogen-bond acceptors (Lipinski definition) is 6. The van der Waals surface area contributed by atoms with E-state index in [0.717, 1.165) is 64.2 Å². The molecule has 0 heterocycles. The number of phosphoric acid groups is 1. The van der Waals surface area contributed by atoms with Crippen molar-refractivity contribution >= 4 is 13.7 Å². The lowest BCUT2D eigenvalue weighted by Crippen LogP contribution is -2.46. The van der Waals surface area contributed by atoms with E-state index in [2.05, 4.69) is 67.8 Å². The number of nitrogens with zero attached hydrogens (tertiary/aromatic N) is 1. The number of aliphatic hydroxyl groups excluding tert-OH is 1. The van der Waals surface area contributed by atoms with E-state index in [0.29, 0.717) is 23.9 Å². The summed E-state index contributed by atoms with van der Waals surface area (Å²) in [6, 6.07) is -0.801. The van der Waals surface area contributed by atoms with Gasteiger partial charge in [-0.05, 0) is 51.4 Å². The first-order valence-corrected chi connectivity index (χ1v) is 34.4. The molecule has 0 fully saturated rings. The second kappa shape index (κ2) is 58.1. The summed E-state index contributed by atoms with van der Waals surface area (Å²) in [6.45, 7) is 4.66. The number of rotatable bonds is 61. The highest BCUT2D eigenvalue weighted by molar-refractivity contribution is 7.45. The number of hydrogen-bond donors (Lipinski definition) is 2. The van der Waals surface area contributed by atoms with Gasteiger partial charge in [-0.1, -0.05) is 313 Å². The van der Waals surface area contributed by atoms with Crippen LogP contribution >= 0.6 is 7.82 Å². The predicted molar refractivity (Wildman–Crippen MR) is 330 cm³/mol. The zero-order valence-corrected chi connectivity index (χ0v) is 52.1. The molecular weight excluding hydrogens is 960 g/mol. The number of unbranched alkanes of at least 4 members (excludes halogenated alkanes) is 40. The third-order valence-corrected chi connectivity index (χ3v) is 16.0. The first kappa shape index (κ1) is 74.5. The summed E-state index contributed by atoms with van der Waals surface area (Å²) in [7, 11) is 1.32. The van der Waals surface area contributed by atoms with Gasteiger partial charge in [-0.15, -0.1) is 0 Å². The van der Waals surface area contributed by atoms with Gasteiger partial charge in [-0.25, -0.2) is 0 Å². The maximum Gasteiger partial charge on any atom is 0.268 e. The fraction of sp³-hybridized carbons (Fsp3) is 0.866. The first-order valence-electron chi connectivity index (χ1n) is 33.0. The number of quaternary nitrogens is 1. The minimum Gasteiger partial charge on any atom is -0.756 e. The first-order chi connectivity index (χ1) is 37.0. The standard InChI is InChI=1S/C67H129N2O6P/c1-6-8-10-12-14-16-18-20-22-24-26-28-29-30-31-32-33-34-35-36-37-38-39-41-43-45-47-49-51-53-55-57-59-61-67(71)68-65(64-75-76(72,73)74-63-62-69(3,4)5)66(70)60-58-56-54-52-50-48-46-44-42-40-27-25-23-21-19-17-15-13-11-9-7-2/h8,10,14,16,20,22,26,28,65-66,70H,6-7,9,11-13,15,17-19,21,23-25,27,29-64H2,1-5H3,(H-,68,71,72,73)/b10-8-,16-14-,22-20-,28-26-. The van der Waals surface area contributed by atoms with Gasteiger partial charge in [-0.2, -0.15) is 0 Å². The van der Waals surface area contributed by atoms with E-state index < -0.39 is 20.0 Å². The Morgan fingerprint density at radius 1 is 0.474 bits per heavy atom. The fourth-order valence-corrected chi connectivity index (χ4v) is 10.7. The molecule has 0 aliphatic carbocycles. The number of nitrogens with one attached hydrogen (secondary N) is 1. The Labute approximate surface area is 473 Å². The van der Waals surface area contributed by atoms with Gasteiger partial charge in [0.1, 0.15) is 13.2 Å². The number of amides is 1. The average molecular weight is 1090 g/mol. The molecule has 0 radical (unpaired) electrons. The fourth-order valence-electron chi connectivity index (χ4n) is 9.98. The van der Waals surface area contributed by atoms with Crippen molar-refractivity contribution in [2.24, 2.45) is 0 Å². The molecule has 3 unspecified atom stereocenters. The predicted octanol–water partition coefficient (Wildman–Crippen LogP) is 20.0. The minimum atomic E-state index is -4.58. The highest BCUT2D eigenvalue weighted by Gasteiger charge is 2.24. The number of carbonyl (C=O) groups excluding carboxylic acids is 1. The van der Waals surface area contributed by atoms with Crippen LogP contribution in [0.25, 0.3) is 0 Å². The van der Waals surface area contributed by atoms with Crippen LogP contribution in [-0.2, 0) is 18.4 Å². The molecule has 0 rings (SSSR count). The molecule has 0 aromatic heterocycles. The van der Waals surface area contributed by atoms with Crippen molar-refractivity contribution in [3.05, 3.63) is 48.6 Å². The summed E-state index contributed by atoms with van der Waals surface area (Å²) in [5.74, 6) is -0.159. The van der Waals surface area contributed by atoms with Gasteiger partial charge in [0.05, 0.1) is 39.9 Å². The average Bonchev–Trinajstić information content (AvgIpc) is 3.38. The maximum atomic E-state index is 13.0. The Morgan fingerprint density at radius 3 is 1.17 bits per heavy atom. The van der Waals surface area contributed by atoms with Crippen LogP contribution in [0.3, 0.4) is 0 Å². The Balaban J connectivity index is 4.01. The zero-order valence-electron chi connectivity index (χ0n) is 51.2. The van der Waals surface area contributed by atoms with Gasteiger partial charge in [-0.3, -0.25) is 9.36 Å². The molecule has 0 saturated carbocycles. The van der Waals surface area contributed by atoms with Crippen molar-refractivity contribution < 1.29 is 32.9 Å². The lowest BCUT2D eigenvalue weighted by Gasteiger charge is -2.30. The summed E-state index contributed by atoms with van der Waals surface area (Å²) in [5, 5.41) is 14.1. The van der Waals surface area contributed by atoms with Crippen molar-refractivity contribution in [3.8, 4) is 0 Å². The van der Waals surface area contributed by atoms with Crippen LogP contribution in [-0.4, -0.2) is 68.5 Å². The van der Waals surface area contributed by atoms with E-state index in [9.17, 15) is 19.4 Å². The molecule has 2 N–H and O–H groups in total. The third-order valence-electron chi connectivity index (χ3n) is 15.1. The molecule has 0 aromatic rings. The van der Waals surface area contributed by atoms with Crippen molar-refractivity contribution in [1.82, 2.24) is 5.32 Å². The molecule has 8 nitrogen and oxygen atoms in total. The van der Waals surface area contributed by atoms with E-state index in [1.165, 1.54) is 231 Å². The second-order valence-corrected chi connectivity index (χ2v) is 25.2. The van der Waals surface area contributed by atoms with E-state index >= 15 is 0 Å². The Kier molecular flexibility index (Phi) is 56.9. The molecule has 0 aromatic carbocycles. The van der Waals surface area contributed by atoms with Crippen molar-refractivity contribution in [2.45, 2.75) is 334 Å². The summed E-state index contributed by atoms with van der Waals surface area (Å²) in [6.07, 6.45) is 77.4. The molecule has 448 valence electrons. The molecule has 0 spiro atoms. The number of phosphoric ester groups is 1. The zero-order chi connectivity index (χ0) is 55.6. The Hall–Kier alpha value is -1.54. The molecule has 9 heteroatoms. The molecule has 0 aliphatic rings. The molecule has 0 aliphatic heterocycles. The van der Waals surface area contributed by atoms with Crippen LogP contribution < -0.4 is 10.2 Å². The van der Waals surface area contributed by atoms with Crippen LogP contribution in [0.5, 0.6) is 0 Å². The van der Waals surface area contributed by atoms with Crippen LogP contribution in [0.15, 0.2) is 48.6 Å². The van der Waals surface area contributed by atoms with E-state index in [4.69, 9.17) is 9.05 Å². The van der Waals surface area contributed by atoms with E-state index in [1.807, 2.05) is 21.1 Å². The summed E-state index contributed by atoms with van der Waals surface area (Å²) < 4.78 is 23.5. The second-order valence-electron chi connectivity index (χ2n) is 23.8. The van der Waals surface area contributed by atoms with Gasteiger partial charge in [0.15, 0.2) is 0 Å². The third kappa shape index (κ3) is 60.1. The van der Waals surface area contributed by atoms with Crippen LogP contribution in [0.1, 0.15) is 322 Å². The molecule has 3 atom stereocenters. The van der Waals surface area contributed by atoms with Crippen LogP contribution in [0.4, 0.5) is 0 Å². The van der Waals surface area contributed by atoms with Gasteiger partial charge in [0.25, 0.3) is 7.82 Å². The quantitative estimate of drug-likeness (QED) is 0.0272. The molecular formula is C67H129N2O6P. The molecule has 76 heavy (non-hydrogen) atoms. The van der Waals surface area contributed by atoms with Gasteiger partial charge in [0.2, 0.25) is 5.91 Å². The van der Waals surface area contributed by atoms with E-state index in [-0.39, 0.29) is 19.1 Å². The number of allylic oxidation sites excluding steroid dienone is 8. The van der Waals surface area contributed by atoms with E-state index in [1.54, 1.807) is 0 Å². The normalized spacial score (nSPS) is 14.0. The molecule has 1 amide bonds. The lowest BCUT2D eigenvalue weighted by atomic mass is 10.0. The molecule has 0 saturated heterocycles. The SMILES string of the molecule is CC/C=C\C/C=C\C/C=C\C/C=C\CCCCCCCCCCCCCCCCCCCCCCC(=O)NC(COP(=O)([O-])OCC[N+](C)(C)C)C(O)CCCCCCCCCCCCCCCCCCCCCCC. The smallest absolute Gasteiger partial charge is 0.268 e. The van der Waals surface area contributed by atoms with Crippen LogP contribution in [0.2, 0.25) is 0 Å². The van der Waals surface area contributed by atoms with Gasteiger partial charge < -0.3 is 28.8 Å². The van der Waals surface area contributed by atoms with Crippen molar-refractivity contribution in [3.63, 3.8) is 0 Å². The lowest BCUT2D eigenvalue weighted by molar-refractivity contribution is -0.870. The largest absolute Gasteiger partial charge is 0.756 e. The summed E-state index contributed by atoms with van der Waals surface area (Å²) in [5.41, 5.74) is 0. The number of likely N-dealkylation sites (N-methyl/N-ethyl adjacent to an activating group) is 1. The van der Waals surface area contributed by atoms with Gasteiger partial charge in [0, 0.05) is 6.42 Å². The monoisotopic (exact) mass is 1090 g/mol. The Bertz CT molecular complexity index is 1380. The molecule has 0 bridgehead atoms. The summed E-state index contributed by atoms with van der Waals surface area (Å²) in [4.78, 5) is 25.6. The van der Waals surface area contributed by atoms with Crippen molar-refractivity contribution in [1.29, 1.82) is 0 Å². The highest BCUT2D eigenvalue weighted by atomic mass is 31.2. The summed E-state index contributed by atoms with van der Waals surface area (Å²) >= 11 is 0. The minimum absolute atomic E-state index is 0.0137. The Morgan fingerprint density at radius 2 is 0.803 bits per heavy atom. The number of carbonyl (C=O) groups is 1. The van der Waals surface area contributed by atoms with Crippen LogP contribution in [0, 0.1) is 0 Å². The topological polar surface area (TPSA) is 108 Å². The van der Waals surface area contributed by atoms with Crippen molar-refractivity contribution in [2.75, 3.05) is 40.9 Å². The van der Waals surface area contributed by atoms with Gasteiger partial charge >= 0.3 is 0 Å².